The van der Waals surface area contributed by atoms with Crippen molar-refractivity contribution in [3.63, 3.8) is 0 Å². The van der Waals surface area contributed by atoms with Crippen molar-refractivity contribution in [2.75, 3.05) is 13.2 Å². The van der Waals surface area contributed by atoms with E-state index in [1.54, 1.807) is 11.3 Å². The lowest BCUT2D eigenvalue weighted by molar-refractivity contribution is 0.0721. The van der Waals surface area contributed by atoms with Gasteiger partial charge in [0.2, 0.25) is 0 Å². The van der Waals surface area contributed by atoms with Gasteiger partial charge in [-0.1, -0.05) is 12.1 Å². The molecule has 3 aromatic heterocycles. The van der Waals surface area contributed by atoms with E-state index in [0.717, 1.165) is 55.2 Å². The molecular formula is C27H26N4O2S. The van der Waals surface area contributed by atoms with Crippen LogP contribution >= 0.6 is 11.3 Å². The fourth-order valence-corrected chi connectivity index (χ4v) is 5.70. The van der Waals surface area contributed by atoms with E-state index in [9.17, 15) is 4.79 Å². The van der Waals surface area contributed by atoms with E-state index in [2.05, 4.69) is 64.1 Å². The zero-order chi connectivity index (χ0) is 23.4. The number of hydrogen-bond acceptors (Lipinski definition) is 4. The summed E-state index contributed by atoms with van der Waals surface area (Å²) in [5.41, 5.74) is 7.08. The van der Waals surface area contributed by atoms with Gasteiger partial charge in [-0.15, -0.1) is 11.3 Å². The zero-order valence-electron chi connectivity index (χ0n) is 19.5. The molecular weight excluding hydrogens is 444 g/mol. The molecule has 7 heteroatoms. The normalized spacial score (nSPS) is 13.9. The molecule has 0 atom stereocenters. The van der Waals surface area contributed by atoms with E-state index in [0.29, 0.717) is 19.7 Å². The first-order valence-corrected chi connectivity index (χ1v) is 12.5. The Balaban J connectivity index is 1.34. The van der Waals surface area contributed by atoms with Crippen LogP contribution in [0.15, 0.2) is 53.9 Å². The average Bonchev–Trinajstić information content (AvgIpc) is 3.46. The molecule has 2 aromatic carbocycles. The molecule has 0 spiro atoms. The first-order valence-electron chi connectivity index (χ1n) is 11.6. The third kappa shape index (κ3) is 3.47. The van der Waals surface area contributed by atoms with Gasteiger partial charge in [0.15, 0.2) is 0 Å². The van der Waals surface area contributed by atoms with E-state index >= 15 is 0 Å². The zero-order valence-corrected chi connectivity index (χ0v) is 20.3. The summed E-state index contributed by atoms with van der Waals surface area (Å²) < 4.78 is 9.34. The van der Waals surface area contributed by atoms with Crippen LogP contribution in [0.3, 0.4) is 0 Å². The molecule has 1 amide bonds. The van der Waals surface area contributed by atoms with Gasteiger partial charge in [0, 0.05) is 18.2 Å². The number of aryl methyl sites for hydroxylation is 1. The number of hydrogen-bond donors (Lipinski definition) is 1. The molecule has 0 unspecified atom stereocenters. The predicted octanol–water partition coefficient (Wildman–Crippen LogP) is 6.17. The van der Waals surface area contributed by atoms with E-state index in [1.165, 1.54) is 0 Å². The van der Waals surface area contributed by atoms with Crippen LogP contribution in [0.2, 0.25) is 0 Å². The van der Waals surface area contributed by atoms with Crippen molar-refractivity contribution in [2.45, 2.75) is 33.4 Å². The number of fused-ring (bicyclic) bond motifs is 3. The van der Waals surface area contributed by atoms with Gasteiger partial charge in [-0.05, 0) is 73.7 Å². The number of nitrogens with one attached hydrogen (secondary N) is 1. The third-order valence-corrected chi connectivity index (χ3v) is 7.31. The van der Waals surface area contributed by atoms with Gasteiger partial charge in [0.1, 0.15) is 23.9 Å². The number of aromatic amines is 1. The van der Waals surface area contributed by atoms with Crippen molar-refractivity contribution in [3.05, 3.63) is 71.0 Å². The summed E-state index contributed by atoms with van der Waals surface area (Å²) in [5.74, 6) is 1.80. The lowest BCUT2D eigenvalue weighted by Crippen LogP contribution is -2.34. The first-order chi connectivity index (χ1) is 16.5. The second-order valence-electron chi connectivity index (χ2n) is 9.12. The number of imidazole rings is 1. The highest BCUT2D eigenvalue weighted by molar-refractivity contribution is 7.17. The number of rotatable bonds is 3. The molecule has 0 saturated heterocycles. The van der Waals surface area contributed by atoms with Gasteiger partial charge < -0.3 is 19.2 Å². The monoisotopic (exact) mass is 470 g/mol. The number of carbonyl (C=O) groups excluding carboxylic acids is 1. The maximum Gasteiger partial charge on any atom is 0.270 e. The summed E-state index contributed by atoms with van der Waals surface area (Å²) in [6.45, 7) is 7.76. The summed E-state index contributed by atoms with van der Waals surface area (Å²) in [5, 5.41) is 2.08. The van der Waals surface area contributed by atoms with Crippen molar-refractivity contribution >= 4 is 38.5 Å². The van der Waals surface area contributed by atoms with Crippen molar-refractivity contribution < 1.29 is 9.53 Å². The molecule has 5 aromatic rings. The molecule has 6 rings (SSSR count). The Morgan fingerprint density at radius 3 is 2.79 bits per heavy atom. The number of benzene rings is 2. The molecule has 0 radical (unpaired) electrons. The fraction of sp³-hybridized carbons (Fsp3) is 0.259. The molecule has 0 bridgehead atoms. The van der Waals surface area contributed by atoms with Gasteiger partial charge in [0.05, 0.1) is 27.8 Å². The Hall–Kier alpha value is -3.58. The molecule has 1 N–H and O–H groups in total. The molecule has 0 fully saturated rings. The van der Waals surface area contributed by atoms with Crippen molar-refractivity contribution in [1.82, 2.24) is 19.4 Å². The largest absolute Gasteiger partial charge is 0.491 e. The first kappa shape index (κ1) is 21.0. The van der Waals surface area contributed by atoms with E-state index < -0.39 is 0 Å². The molecule has 0 aliphatic carbocycles. The number of nitrogens with zero attached hydrogens (tertiary/aromatic N) is 3. The number of thiophene rings is 1. The van der Waals surface area contributed by atoms with E-state index in [4.69, 9.17) is 4.74 Å². The molecule has 1 aliphatic rings. The summed E-state index contributed by atoms with van der Waals surface area (Å²) in [7, 11) is 0. The number of H-pyrrole nitrogens is 1. The van der Waals surface area contributed by atoms with Crippen LogP contribution in [-0.2, 0) is 6.54 Å². The highest BCUT2D eigenvalue weighted by Crippen LogP contribution is 2.33. The lowest BCUT2D eigenvalue weighted by atomic mass is 10.0. The van der Waals surface area contributed by atoms with Crippen LogP contribution in [0.1, 0.15) is 41.8 Å². The van der Waals surface area contributed by atoms with Crippen molar-refractivity contribution in [1.29, 1.82) is 0 Å². The maximum absolute atomic E-state index is 13.7. The predicted molar refractivity (Wildman–Crippen MR) is 137 cm³/mol. The quantitative estimate of drug-likeness (QED) is 0.343. The minimum Gasteiger partial charge on any atom is -0.491 e. The highest BCUT2D eigenvalue weighted by atomic mass is 32.1. The van der Waals surface area contributed by atoms with Gasteiger partial charge in [-0.3, -0.25) is 4.79 Å². The lowest BCUT2D eigenvalue weighted by Gasteiger charge is -2.22. The number of ether oxygens (including phenoxy) is 1. The molecule has 0 saturated carbocycles. The molecule has 1 aliphatic heterocycles. The summed E-state index contributed by atoms with van der Waals surface area (Å²) in [6.07, 6.45) is 0. The summed E-state index contributed by atoms with van der Waals surface area (Å²) >= 11 is 1.67. The standard InChI is InChI=1S/C27H26N4O2S/c1-16(2)31-23-8-11-34-26(23)14-24(31)27(32)30-9-10-33-25-7-5-18(12-20(25)15-30)19-4-6-21-22(13-19)29-17(3)28-21/h4-8,11-14,16H,9-10,15H2,1-3H3,(H,28,29). The summed E-state index contributed by atoms with van der Waals surface area (Å²) in [6, 6.07) is 16.8. The summed E-state index contributed by atoms with van der Waals surface area (Å²) in [4.78, 5) is 23.4. The molecule has 4 heterocycles. The smallest absolute Gasteiger partial charge is 0.270 e. The number of amides is 1. The second-order valence-corrected chi connectivity index (χ2v) is 10.1. The van der Waals surface area contributed by atoms with Crippen LogP contribution in [0.5, 0.6) is 5.75 Å². The van der Waals surface area contributed by atoms with Gasteiger partial charge >= 0.3 is 0 Å². The number of aromatic nitrogens is 3. The second kappa shape index (κ2) is 8.02. The van der Waals surface area contributed by atoms with E-state index in [-0.39, 0.29) is 11.9 Å². The molecule has 34 heavy (non-hydrogen) atoms. The maximum atomic E-state index is 13.7. The van der Waals surface area contributed by atoms with Crippen LogP contribution in [-0.4, -0.2) is 38.5 Å². The Morgan fingerprint density at radius 2 is 1.94 bits per heavy atom. The fourth-order valence-electron chi connectivity index (χ4n) is 4.89. The van der Waals surface area contributed by atoms with Crippen LogP contribution in [0.25, 0.3) is 32.4 Å². The Labute approximate surface area is 201 Å². The minimum atomic E-state index is 0.0494. The average molecular weight is 471 g/mol. The Kier molecular flexibility index (Phi) is 4.95. The van der Waals surface area contributed by atoms with Gasteiger partial charge in [-0.25, -0.2) is 4.98 Å². The molecule has 6 nitrogen and oxygen atoms in total. The van der Waals surface area contributed by atoms with Crippen molar-refractivity contribution in [3.8, 4) is 16.9 Å². The number of carbonyl (C=O) groups is 1. The Bertz CT molecular complexity index is 1540. The minimum absolute atomic E-state index is 0.0494. The van der Waals surface area contributed by atoms with Crippen molar-refractivity contribution in [2.24, 2.45) is 0 Å². The third-order valence-electron chi connectivity index (χ3n) is 6.46. The SMILES string of the molecule is Cc1nc2ccc(-c3ccc4c(c3)CN(C(=O)c3cc5sccc5n3C(C)C)CCO4)cc2[nH]1. The topological polar surface area (TPSA) is 63.1 Å². The van der Waals surface area contributed by atoms with Crippen LogP contribution in [0, 0.1) is 6.92 Å². The highest BCUT2D eigenvalue weighted by Gasteiger charge is 2.26. The molecule has 172 valence electrons. The van der Waals surface area contributed by atoms with Gasteiger partial charge in [-0.2, -0.15) is 0 Å². The van der Waals surface area contributed by atoms with Crippen LogP contribution in [0.4, 0.5) is 0 Å². The Morgan fingerprint density at radius 1 is 1.12 bits per heavy atom. The van der Waals surface area contributed by atoms with E-state index in [1.807, 2.05) is 30.0 Å². The van der Waals surface area contributed by atoms with Gasteiger partial charge in [0.25, 0.3) is 5.91 Å². The van der Waals surface area contributed by atoms with Crippen LogP contribution < -0.4 is 4.74 Å².